The number of carbonyl (C=O) groups is 1. The Morgan fingerprint density at radius 1 is 1.53 bits per heavy atom. The molecule has 0 unspecified atom stereocenters. The Kier molecular flexibility index (Phi) is 4.49. The summed E-state index contributed by atoms with van der Waals surface area (Å²) in [4.78, 5) is 10.5. The molecule has 1 N–H and O–H groups in total. The lowest BCUT2D eigenvalue weighted by molar-refractivity contribution is -0.132. The van der Waals surface area contributed by atoms with Crippen molar-refractivity contribution in [3.05, 3.63) is 35.8 Å². The third-order valence-electron chi connectivity index (χ3n) is 1.89. The Morgan fingerprint density at radius 2 is 2.20 bits per heavy atom. The number of carboxylic acids is 1. The van der Waals surface area contributed by atoms with Gasteiger partial charge in [0.15, 0.2) is 0 Å². The minimum atomic E-state index is -0.934. The average molecular weight is 226 g/mol. The van der Waals surface area contributed by atoms with Crippen LogP contribution >= 0.6 is 11.8 Å². The number of thioether (sulfide) groups is 1. The highest BCUT2D eigenvalue weighted by Gasteiger charge is 2.05. The van der Waals surface area contributed by atoms with Crippen molar-refractivity contribution in [3.8, 4) is 0 Å². The zero-order valence-corrected chi connectivity index (χ0v) is 9.47. The molecular formula is C11H14O3S. The molecule has 1 aromatic heterocycles. The molecule has 3 nitrogen and oxygen atoms in total. The second-order valence-electron chi connectivity index (χ2n) is 3.12. The number of hydrogen-bond donors (Lipinski definition) is 1. The van der Waals surface area contributed by atoms with Gasteiger partial charge < -0.3 is 9.52 Å². The molecule has 0 saturated carbocycles. The van der Waals surface area contributed by atoms with Crippen molar-refractivity contribution < 1.29 is 14.3 Å². The van der Waals surface area contributed by atoms with Gasteiger partial charge in [-0.3, -0.25) is 0 Å². The van der Waals surface area contributed by atoms with Crippen LogP contribution in [0.1, 0.15) is 18.4 Å². The molecule has 0 saturated heterocycles. The van der Waals surface area contributed by atoms with Crippen LogP contribution in [0.4, 0.5) is 0 Å². The quantitative estimate of drug-likeness (QED) is 0.758. The van der Waals surface area contributed by atoms with E-state index in [0.29, 0.717) is 11.5 Å². The molecule has 4 heteroatoms. The number of rotatable bonds is 6. The molecule has 0 aliphatic rings. The molecule has 1 rings (SSSR count). The molecule has 1 heterocycles. The highest BCUT2D eigenvalue weighted by molar-refractivity contribution is 7.98. The predicted octanol–water partition coefficient (Wildman–Crippen LogP) is 2.72. The number of carboxylic acid groups (broad SMARTS) is 1. The maximum atomic E-state index is 10.5. The Hall–Kier alpha value is -1.16. The van der Waals surface area contributed by atoms with Gasteiger partial charge in [-0.05, 0) is 12.1 Å². The maximum Gasteiger partial charge on any atom is 0.331 e. The van der Waals surface area contributed by atoms with Gasteiger partial charge in [0, 0.05) is 17.7 Å². The summed E-state index contributed by atoms with van der Waals surface area (Å²) in [6.07, 6.45) is 0.881. The fourth-order valence-corrected chi connectivity index (χ4v) is 1.85. The number of aryl methyl sites for hydroxylation is 1. The van der Waals surface area contributed by atoms with E-state index in [1.807, 2.05) is 19.1 Å². The van der Waals surface area contributed by atoms with Crippen molar-refractivity contribution >= 4 is 17.7 Å². The largest absolute Gasteiger partial charge is 0.478 e. The normalized spacial score (nSPS) is 10.2. The van der Waals surface area contributed by atoms with Gasteiger partial charge in [-0.15, -0.1) is 11.8 Å². The third-order valence-corrected chi connectivity index (χ3v) is 2.93. The van der Waals surface area contributed by atoms with Crippen LogP contribution in [0.15, 0.2) is 28.7 Å². The minimum absolute atomic E-state index is 0.224. The van der Waals surface area contributed by atoms with Gasteiger partial charge in [-0.2, -0.15) is 0 Å². The fraction of sp³-hybridized carbons (Fsp3) is 0.364. The van der Waals surface area contributed by atoms with Crippen LogP contribution in [0, 0.1) is 0 Å². The second-order valence-corrected chi connectivity index (χ2v) is 4.11. The Morgan fingerprint density at radius 3 is 2.73 bits per heavy atom. The molecule has 0 aliphatic heterocycles. The predicted molar refractivity (Wildman–Crippen MR) is 61.0 cm³/mol. The molecule has 0 amide bonds. The molecule has 0 fully saturated rings. The highest BCUT2D eigenvalue weighted by atomic mass is 32.2. The van der Waals surface area contributed by atoms with Gasteiger partial charge in [0.2, 0.25) is 0 Å². The number of furan rings is 1. The summed E-state index contributed by atoms with van der Waals surface area (Å²) in [5, 5.41) is 8.59. The molecule has 0 aromatic carbocycles. The molecule has 0 radical (unpaired) electrons. The first-order valence-corrected chi connectivity index (χ1v) is 5.85. The van der Waals surface area contributed by atoms with E-state index in [-0.39, 0.29) is 5.57 Å². The lowest BCUT2D eigenvalue weighted by Gasteiger charge is -1.98. The summed E-state index contributed by atoms with van der Waals surface area (Å²) in [6.45, 7) is 5.49. The van der Waals surface area contributed by atoms with Gasteiger partial charge in [0.1, 0.15) is 11.5 Å². The first-order chi connectivity index (χ1) is 7.13. The van der Waals surface area contributed by atoms with Gasteiger partial charge in [-0.25, -0.2) is 4.79 Å². The molecule has 0 bridgehead atoms. The second kappa shape index (κ2) is 5.66. The summed E-state index contributed by atoms with van der Waals surface area (Å²) in [7, 11) is 0. The summed E-state index contributed by atoms with van der Waals surface area (Å²) < 4.78 is 5.48. The maximum absolute atomic E-state index is 10.5. The van der Waals surface area contributed by atoms with E-state index in [0.717, 1.165) is 17.9 Å². The van der Waals surface area contributed by atoms with Crippen molar-refractivity contribution in [2.75, 3.05) is 5.75 Å². The summed E-state index contributed by atoms with van der Waals surface area (Å²) in [5.74, 6) is 2.03. The van der Waals surface area contributed by atoms with E-state index in [1.165, 1.54) is 11.8 Å². The molecular weight excluding hydrogens is 212 g/mol. The summed E-state index contributed by atoms with van der Waals surface area (Å²) in [6, 6.07) is 3.87. The van der Waals surface area contributed by atoms with E-state index >= 15 is 0 Å². The van der Waals surface area contributed by atoms with E-state index in [2.05, 4.69) is 6.58 Å². The van der Waals surface area contributed by atoms with Crippen LogP contribution in [0.3, 0.4) is 0 Å². The monoisotopic (exact) mass is 226 g/mol. The molecule has 0 atom stereocenters. The van der Waals surface area contributed by atoms with E-state index in [4.69, 9.17) is 9.52 Å². The van der Waals surface area contributed by atoms with Gasteiger partial charge >= 0.3 is 5.97 Å². The first-order valence-electron chi connectivity index (χ1n) is 4.70. The molecule has 15 heavy (non-hydrogen) atoms. The minimum Gasteiger partial charge on any atom is -0.478 e. The van der Waals surface area contributed by atoms with Crippen molar-refractivity contribution in [1.82, 2.24) is 0 Å². The molecule has 0 aliphatic carbocycles. The van der Waals surface area contributed by atoms with Crippen molar-refractivity contribution in [2.45, 2.75) is 19.1 Å². The number of hydrogen-bond acceptors (Lipinski definition) is 3. The van der Waals surface area contributed by atoms with E-state index < -0.39 is 5.97 Å². The van der Waals surface area contributed by atoms with Crippen LogP contribution in [-0.2, 0) is 17.0 Å². The van der Waals surface area contributed by atoms with Crippen LogP contribution < -0.4 is 0 Å². The zero-order valence-electron chi connectivity index (χ0n) is 8.66. The topological polar surface area (TPSA) is 50.4 Å². The van der Waals surface area contributed by atoms with Gasteiger partial charge in [0.05, 0.1) is 5.75 Å². The van der Waals surface area contributed by atoms with Crippen LogP contribution in [-0.4, -0.2) is 16.8 Å². The van der Waals surface area contributed by atoms with E-state index in [9.17, 15) is 4.79 Å². The first kappa shape index (κ1) is 11.9. The lowest BCUT2D eigenvalue weighted by atomic mass is 10.4. The Balaban J connectivity index is 2.31. The molecule has 82 valence electrons. The van der Waals surface area contributed by atoms with Crippen LogP contribution in [0.5, 0.6) is 0 Å². The van der Waals surface area contributed by atoms with Gasteiger partial charge in [0.25, 0.3) is 0 Å². The number of aliphatic carboxylic acids is 1. The molecule has 0 spiro atoms. The standard InChI is InChI=1S/C11H14O3S/c1-3-9-4-5-10(14-9)7-15-6-8(2)11(12)13/h4-5H,2-3,6-7H2,1H3,(H,12,13). The Labute approximate surface area is 93.2 Å². The zero-order chi connectivity index (χ0) is 11.3. The van der Waals surface area contributed by atoms with Crippen LogP contribution in [0.25, 0.3) is 0 Å². The fourth-order valence-electron chi connectivity index (χ4n) is 1.03. The van der Waals surface area contributed by atoms with Crippen LogP contribution in [0.2, 0.25) is 0 Å². The SMILES string of the molecule is C=C(CSCc1ccc(CC)o1)C(=O)O. The lowest BCUT2D eigenvalue weighted by Crippen LogP contribution is -2.01. The molecule has 1 aromatic rings. The summed E-state index contributed by atoms with van der Waals surface area (Å²) >= 11 is 1.49. The Bertz CT molecular complexity index is 354. The highest BCUT2D eigenvalue weighted by Crippen LogP contribution is 2.17. The third kappa shape index (κ3) is 3.83. The van der Waals surface area contributed by atoms with Crippen molar-refractivity contribution in [2.24, 2.45) is 0 Å². The van der Waals surface area contributed by atoms with E-state index in [1.54, 1.807) is 0 Å². The van der Waals surface area contributed by atoms with Crippen molar-refractivity contribution in [3.63, 3.8) is 0 Å². The van der Waals surface area contributed by atoms with Crippen molar-refractivity contribution in [1.29, 1.82) is 0 Å². The average Bonchev–Trinajstić information content (AvgIpc) is 2.65. The summed E-state index contributed by atoms with van der Waals surface area (Å²) in [5.41, 5.74) is 0.224. The van der Waals surface area contributed by atoms with Gasteiger partial charge in [-0.1, -0.05) is 13.5 Å². The smallest absolute Gasteiger partial charge is 0.331 e.